The van der Waals surface area contributed by atoms with Crippen LogP contribution in [0.1, 0.15) is 17.1 Å². The van der Waals surface area contributed by atoms with Gasteiger partial charge in [0.05, 0.1) is 17.1 Å². The first-order chi connectivity index (χ1) is 16.5. The molecule has 168 valence electrons. The fourth-order valence-corrected chi connectivity index (χ4v) is 3.83. The molecule has 5 rings (SSSR count). The minimum absolute atomic E-state index is 0.0175. The summed E-state index contributed by atoms with van der Waals surface area (Å²) in [5.74, 6) is -0.557. The van der Waals surface area contributed by atoms with Crippen LogP contribution in [0.15, 0.2) is 61.1 Å². The summed E-state index contributed by atoms with van der Waals surface area (Å²) in [7, 11) is 6.17. The van der Waals surface area contributed by atoms with E-state index >= 15 is 0 Å². The molecule has 1 N–H and O–H groups in total. The van der Waals surface area contributed by atoms with Crippen molar-refractivity contribution in [2.24, 2.45) is 0 Å². The molecule has 0 unspecified atom stereocenters. The Hall–Kier alpha value is -3.92. The van der Waals surface area contributed by atoms with Gasteiger partial charge in [0, 0.05) is 29.6 Å². The molecule has 0 saturated carbocycles. The number of halogens is 2. The van der Waals surface area contributed by atoms with Crippen LogP contribution >= 0.6 is 0 Å². The topological polar surface area (TPSA) is 75.0 Å². The van der Waals surface area contributed by atoms with Gasteiger partial charge < -0.3 is 9.79 Å². The molecule has 5 aromatic rings. The Labute approximate surface area is 196 Å². The summed E-state index contributed by atoms with van der Waals surface area (Å²) in [6.07, 6.45) is 3.48. The minimum atomic E-state index is -0.579. The van der Waals surface area contributed by atoms with E-state index in [-0.39, 0.29) is 25.1 Å². The summed E-state index contributed by atoms with van der Waals surface area (Å²) in [6.45, 7) is 2.42. The maximum Gasteiger partial charge on any atom is 0.183 e. The summed E-state index contributed by atoms with van der Waals surface area (Å²) >= 11 is 0. The van der Waals surface area contributed by atoms with Crippen molar-refractivity contribution in [1.29, 1.82) is 0 Å². The maximum absolute atomic E-state index is 13.9. The fraction of sp³-hybridized carbons (Fsp3) is 0.167. The van der Waals surface area contributed by atoms with Gasteiger partial charge in [-0.3, -0.25) is 4.98 Å². The molecule has 0 spiro atoms. The number of nitrogens with one attached hydrogen (secondary N) is 1. The van der Waals surface area contributed by atoms with E-state index in [4.69, 9.17) is 13.0 Å². The van der Waals surface area contributed by atoms with Gasteiger partial charge in [-0.15, -0.1) is 0 Å². The van der Waals surface area contributed by atoms with E-state index in [2.05, 4.69) is 20.1 Å². The number of hydrogen-bond acceptors (Lipinski definition) is 5. The molecule has 0 bridgehead atoms. The highest BCUT2D eigenvalue weighted by atomic mass is 19.1. The van der Waals surface area contributed by atoms with Crippen LogP contribution in [0.3, 0.4) is 0 Å². The van der Waals surface area contributed by atoms with Crippen LogP contribution in [0.5, 0.6) is 0 Å². The maximum atomic E-state index is 13.9. The average Bonchev–Trinajstić information content (AvgIpc) is 3.45. The number of benzene rings is 1. The second kappa shape index (κ2) is 9.15. The SMILES string of the molecule is [B]N(CCc1c(F)cccc1F)Cc1nc(-c2ccc3ncnn3c2)c(-c2cccc(C)n2)[nH]1. The first-order valence-corrected chi connectivity index (χ1v) is 10.7. The van der Waals surface area contributed by atoms with Gasteiger partial charge in [0.25, 0.3) is 0 Å². The van der Waals surface area contributed by atoms with E-state index in [0.717, 1.165) is 28.3 Å². The second-order valence-electron chi connectivity index (χ2n) is 7.97. The average molecular weight is 455 g/mol. The Morgan fingerprint density at radius 3 is 2.62 bits per heavy atom. The summed E-state index contributed by atoms with van der Waals surface area (Å²) < 4.78 is 29.6. The second-order valence-corrected chi connectivity index (χ2v) is 7.97. The van der Waals surface area contributed by atoms with Gasteiger partial charge in [-0.05, 0) is 56.3 Å². The standard InChI is InChI=1S/C24H20BF2N7/c1-15-4-2-7-20(30-15)24-23(16-8-9-22-28-14-29-34(22)12-16)31-21(32-24)13-33(25)11-10-17-18(26)5-3-6-19(17)27/h2-9,12,14H,10-11,13H2,1H3,(H,31,32). The third-order valence-electron chi connectivity index (χ3n) is 5.51. The number of aromatic amines is 1. The fourth-order valence-electron chi connectivity index (χ4n) is 3.83. The highest BCUT2D eigenvalue weighted by Gasteiger charge is 2.18. The monoisotopic (exact) mass is 455 g/mol. The van der Waals surface area contributed by atoms with Gasteiger partial charge in [0.2, 0.25) is 0 Å². The highest BCUT2D eigenvalue weighted by molar-refractivity contribution is 6.04. The van der Waals surface area contributed by atoms with Crippen molar-refractivity contribution in [2.45, 2.75) is 19.9 Å². The molecule has 2 radical (unpaired) electrons. The van der Waals surface area contributed by atoms with Gasteiger partial charge in [-0.2, -0.15) is 5.10 Å². The molecule has 0 aliphatic carbocycles. The van der Waals surface area contributed by atoms with Crippen LogP contribution < -0.4 is 0 Å². The molecule has 0 atom stereocenters. The van der Waals surface area contributed by atoms with E-state index in [1.807, 2.05) is 43.5 Å². The van der Waals surface area contributed by atoms with Crippen LogP contribution in [0.4, 0.5) is 8.78 Å². The Kier molecular flexibility index (Phi) is 5.89. The molecular weight excluding hydrogens is 435 g/mol. The molecule has 1 aromatic carbocycles. The summed E-state index contributed by atoms with van der Waals surface area (Å²) in [6, 6.07) is 13.4. The molecule has 0 aliphatic rings. The normalized spacial score (nSPS) is 11.5. The molecule has 0 saturated heterocycles. The van der Waals surface area contributed by atoms with Crippen LogP contribution in [0.25, 0.3) is 28.3 Å². The van der Waals surface area contributed by atoms with Gasteiger partial charge in [0.1, 0.15) is 23.8 Å². The predicted octanol–water partition coefficient (Wildman–Crippen LogP) is 3.90. The smallest absolute Gasteiger partial charge is 0.183 e. The van der Waals surface area contributed by atoms with Crippen molar-refractivity contribution in [3.8, 4) is 22.6 Å². The molecule has 0 fully saturated rings. The number of aromatic nitrogens is 6. The minimum Gasteiger partial charge on any atom is -0.347 e. The Morgan fingerprint density at radius 2 is 1.82 bits per heavy atom. The number of hydrogen-bond donors (Lipinski definition) is 1. The summed E-state index contributed by atoms with van der Waals surface area (Å²) in [5.41, 5.74) is 4.62. The first-order valence-electron chi connectivity index (χ1n) is 10.7. The predicted molar refractivity (Wildman–Crippen MR) is 125 cm³/mol. The summed E-state index contributed by atoms with van der Waals surface area (Å²) in [4.78, 5) is 18.4. The number of fused-ring (bicyclic) bond motifs is 1. The number of rotatable bonds is 7. The number of nitrogens with zero attached hydrogens (tertiary/aromatic N) is 6. The number of imidazole rings is 1. The Balaban J connectivity index is 1.44. The summed E-state index contributed by atoms with van der Waals surface area (Å²) in [5, 5.41) is 4.21. The van der Waals surface area contributed by atoms with E-state index in [1.165, 1.54) is 29.3 Å². The lowest BCUT2D eigenvalue weighted by Gasteiger charge is -2.16. The van der Waals surface area contributed by atoms with E-state index in [0.29, 0.717) is 11.5 Å². The van der Waals surface area contributed by atoms with Crippen molar-refractivity contribution in [1.82, 2.24) is 34.4 Å². The van der Waals surface area contributed by atoms with E-state index in [9.17, 15) is 8.78 Å². The Morgan fingerprint density at radius 1 is 1.03 bits per heavy atom. The molecule has 4 aromatic heterocycles. The molecule has 10 heteroatoms. The zero-order valence-electron chi connectivity index (χ0n) is 18.4. The molecule has 7 nitrogen and oxygen atoms in total. The largest absolute Gasteiger partial charge is 0.347 e. The molecule has 0 amide bonds. The van der Waals surface area contributed by atoms with E-state index in [1.54, 1.807) is 4.52 Å². The molecule has 0 aliphatic heterocycles. The van der Waals surface area contributed by atoms with Crippen molar-refractivity contribution in [2.75, 3.05) is 6.54 Å². The first kappa shape index (κ1) is 21.9. The highest BCUT2D eigenvalue weighted by Crippen LogP contribution is 2.29. The van der Waals surface area contributed by atoms with Gasteiger partial charge in [0.15, 0.2) is 13.6 Å². The van der Waals surface area contributed by atoms with Crippen molar-refractivity contribution in [3.63, 3.8) is 0 Å². The van der Waals surface area contributed by atoms with Gasteiger partial charge in [-0.25, -0.2) is 23.3 Å². The quantitative estimate of drug-likeness (QED) is 0.377. The van der Waals surface area contributed by atoms with Crippen LogP contribution in [-0.2, 0) is 13.0 Å². The third-order valence-corrected chi connectivity index (χ3v) is 5.51. The van der Waals surface area contributed by atoms with Gasteiger partial charge >= 0.3 is 0 Å². The number of pyridine rings is 2. The number of aryl methyl sites for hydroxylation is 1. The van der Waals surface area contributed by atoms with Crippen LogP contribution in [-0.4, -0.2) is 48.9 Å². The zero-order valence-corrected chi connectivity index (χ0v) is 18.4. The molecule has 34 heavy (non-hydrogen) atoms. The lowest BCUT2D eigenvalue weighted by atomic mass is 10.1. The zero-order chi connectivity index (χ0) is 23.7. The van der Waals surface area contributed by atoms with Crippen LogP contribution in [0.2, 0.25) is 0 Å². The molecule has 4 heterocycles. The third kappa shape index (κ3) is 4.44. The van der Waals surface area contributed by atoms with Crippen LogP contribution in [0, 0.1) is 18.6 Å². The Bertz CT molecular complexity index is 1440. The van der Waals surface area contributed by atoms with Gasteiger partial charge in [-0.1, -0.05) is 12.1 Å². The van der Waals surface area contributed by atoms with Crippen molar-refractivity contribution in [3.05, 3.63) is 89.8 Å². The van der Waals surface area contributed by atoms with Crippen molar-refractivity contribution < 1.29 is 8.78 Å². The van der Waals surface area contributed by atoms with Crippen molar-refractivity contribution >= 4 is 13.6 Å². The molecular formula is C24H20BF2N7. The lowest BCUT2D eigenvalue weighted by Crippen LogP contribution is -2.23. The number of H-pyrrole nitrogens is 1. The lowest BCUT2D eigenvalue weighted by molar-refractivity contribution is 0.431. The van der Waals surface area contributed by atoms with E-state index < -0.39 is 11.6 Å².